The van der Waals surface area contributed by atoms with Gasteiger partial charge in [-0.05, 0) is 25.7 Å². The monoisotopic (exact) mass is 445 g/mol. The fourth-order valence-electron chi connectivity index (χ4n) is 3.49. The molecule has 0 atom stereocenters. The van der Waals surface area contributed by atoms with Crippen LogP contribution in [0.25, 0.3) is 16.2 Å². The van der Waals surface area contributed by atoms with Crippen molar-refractivity contribution >= 4 is 40.3 Å². The summed E-state index contributed by atoms with van der Waals surface area (Å²) in [7, 11) is 0. The van der Waals surface area contributed by atoms with Gasteiger partial charge in [0, 0.05) is 30.7 Å². The van der Waals surface area contributed by atoms with Gasteiger partial charge in [-0.15, -0.1) is 23.7 Å². The van der Waals surface area contributed by atoms with Crippen molar-refractivity contribution in [2.45, 2.75) is 37.3 Å². The van der Waals surface area contributed by atoms with Gasteiger partial charge >= 0.3 is 0 Å². The number of anilines is 1. The number of nitriles is 1. The van der Waals surface area contributed by atoms with Crippen LogP contribution in [-0.2, 0) is 0 Å². The minimum absolute atomic E-state index is 0. The number of halogens is 1. The number of nitrogens with one attached hydrogen (secondary N) is 1. The van der Waals surface area contributed by atoms with Crippen LogP contribution in [0.4, 0.5) is 5.82 Å². The van der Waals surface area contributed by atoms with Gasteiger partial charge in [0.15, 0.2) is 5.82 Å². The van der Waals surface area contributed by atoms with Crippen molar-refractivity contribution in [2.24, 2.45) is 0 Å². The number of piperidine rings is 1. The SMILES string of the molecule is Cl.N#CC1(Nc2cc(C(=O)N3CCC(O)CC3)nc(-c3cnn4ccsc34)n2)CC1. The number of rotatable bonds is 4. The quantitative estimate of drug-likeness (QED) is 0.632. The van der Waals surface area contributed by atoms with Crippen LogP contribution < -0.4 is 5.32 Å². The lowest BCUT2D eigenvalue weighted by atomic mass is 10.1. The molecule has 4 heterocycles. The second-order valence-electron chi connectivity index (χ2n) is 7.52. The van der Waals surface area contributed by atoms with Crippen LogP contribution in [0, 0.1) is 11.3 Å². The van der Waals surface area contributed by atoms with Crippen molar-refractivity contribution in [3.8, 4) is 17.5 Å². The first-order valence-corrected chi connectivity index (χ1v) is 10.4. The van der Waals surface area contributed by atoms with Crippen LogP contribution in [0.5, 0.6) is 0 Å². The fourth-order valence-corrected chi connectivity index (χ4v) is 4.28. The summed E-state index contributed by atoms with van der Waals surface area (Å²) in [6.45, 7) is 0.986. The van der Waals surface area contributed by atoms with Gasteiger partial charge in [-0.1, -0.05) is 0 Å². The Balaban J connectivity index is 0.00000218. The van der Waals surface area contributed by atoms with E-state index in [1.165, 1.54) is 11.3 Å². The van der Waals surface area contributed by atoms with E-state index in [4.69, 9.17) is 0 Å². The molecule has 1 amide bonds. The summed E-state index contributed by atoms with van der Waals surface area (Å²) in [5.74, 6) is 0.673. The van der Waals surface area contributed by atoms with Crippen LogP contribution in [0.2, 0.25) is 0 Å². The van der Waals surface area contributed by atoms with Crippen LogP contribution in [0.3, 0.4) is 0 Å². The van der Waals surface area contributed by atoms with E-state index in [0.717, 1.165) is 23.2 Å². The minimum atomic E-state index is -0.613. The molecule has 11 heteroatoms. The zero-order valence-electron chi connectivity index (χ0n) is 16.0. The molecule has 156 valence electrons. The molecule has 1 saturated heterocycles. The Morgan fingerprint density at radius 1 is 1.33 bits per heavy atom. The van der Waals surface area contributed by atoms with E-state index >= 15 is 0 Å². The highest BCUT2D eigenvalue weighted by atomic mass is 35.5. The molecule has 0 bridgehead atoms. The smallest absolute Gasteiger partial charge is 0.272 e. The standard InChI is InChI=1S/C19H19N7O2S.ClH/c20-11-19(3-4-19)24-15-9-14(17(28)25-5-1-12(27)2-6-25)22-16(23-15)13-10-21-26-7-8-29-18(13)26;/h7-10,12,27H,1-6H2,(H,22,23,24);1H. The Morgan fingerprint density at radius 3 is 2.80 bits per heavy atom. The molecule has 9 nitrogen and oxygen atoms in total. The number of aliphatic hydroxyl groups is 1. The number of carbonyl (C=O) groups is 1. The molecule has 0 unspecified atom stereocenters. The Morgan fingerprint density at radius 2 is 2.10 bits per heavy atom. The fraction of sp³-hybridized carbons (Fsp3) is 0.421. The molecule has 1 aliphatic heterocycles. The first-order chi connectivity index (χ1) is 14.1. The van der Waals surface area contributed by atoms with E-state index in [0.29, 0.717) is 37.6 Å². The molecular formula is C19H20ClN7O2S. The first kappa shape index (κ1) is 20.5. The highest BCUT2D eigenvalue weighted by Gasteiger charge is 2.43. The van der Waals surface area contributed by atoms with Gasteiger partial charge in [-0.3, -0.25) is 4.79 Å². The van der Waals surface area contributed by atoms with Gasteiger partial charge in [-0.2, -0.15) is 10.4 Å². The second-order valence-corrected chi connectivity index (χ2v) is 8.41. The summed E-state index contributed by atoms with van der Waals surface area (Å²) < 4.78 is 1.74. The third kappa shape index (κ3) is 3.71. The number of carbonyl (C=O) groups excluding carboxylic acids is 1. The lowest BCUT2D eigenvalue weighted by Gasteiger charge is -2.29. The van der Waals surface area contributed by atoms with Crippen LogP contribution in [0.1, 0.15) is 36.2 Å². The van der Waals surface area contributed by atoms with Crippen molar-refractivity contribution in [1.29, 1.82) is 5.26 Å². The molecule has 3 aromatic heterocycles. The summed E-state index contributed by atoms with van der Waals surface area (Å²) in [4.78, 5) is 24.8. The maximum absolute atomic E-state index is 13.1. The number of aromatic nitrogens is 4. The number of likely N-dealkylation sites (tertiary alicyclic amines) is 1. The molecule has 1 aliphatic carbocycles. The van der Waals surface area contributed by atoms with Gasteiger partial charge in [0.25, 0.3) is 5.91 Å². The van der Waals surface area contributed by atoms with Crippen molar-refractivity contribution in [1.82, 2.24) is 24.5 Å². The molecule has 5 rings (SSSR count). The Labute approximate surface area is 182 Å². The molecular weight excluding hydrogens is 426 g/mol. The molecule has 2 aliphatic rings. The average molecular weight is 446 g/mol. The molecule has 30 heavy (non-hydrogen) atoms. The number of nitrogens with zero attached hydrogens (tertiary/aromatic N) is 6. The highest BCUT2D eigenvalue weighted by molar-refractivity contribution is 7.16. The average Bonchev–Trinajstić information content (AvgIpc) is 3.15. The Bertz CT molecular complexity index is 1130. The van der Waals surface area contributed by atoms with Crippen LogP contribution in [-0.4, -0.2) is 60.2 Å². The van der Waals surface area contributed by atoms with E-state index in [-0.39, 0.29) is 30.1 Å². The zero-order valence-corrected chi connectivity index (χ0v) is 17.6. The van der Waals surface area contributed by atoms with Gasteiger partial charge in [0.05, 0.1) is 23.9 Å². The number of thiazole rings is 1. The molecule has 2 N–H and O–H groups in total. The lowest BCUT2D eigenvalue weighted by molar-refractivity contribution is 0.0541. The van der Waals surface area contributed by atoms with Crippen molar-refractivity contribution in [2.75, 3.05) is 18.4 Å². The first-order valence-electron chi connectivity index (χ1n) is 9.54. The largest absolute Gasteiger partial charge is 0.393 e. The summed E-state index contributed by atoms with van der Waals surface area (Å²) in [6.07, 6.45) is 5.80. The Kier molecular flexibility index (Phi) is 5.36. The van der Waals surface area contributed by atoms with E-state index < -0.39 is 5.54 Å². The van der Waals surface area contributed by atoms with Gasteiger partial charge in [-0.25, -0.2) is 14.5 Å². The summed E-state index contributed by atoms with van der Waals surface area (Å²) in [5, 5.41) is 28.6. The summed E-state index contributed by atoms with van der Waals surface area (Å²) in [6, 6.07) is 3.90. The predicted octanol–water partition coefficient (Wildman–Crippen LogP) is 2.34. The van der Waals surface area contributed by atoms with Gasteiger partial charge in [0.2, 0.25) is 0 Å². The van der Waals surface area contributed by atoms with Crippen molar-refractivity contribution < 1.29 is 9.90 Å². The molecule has 2 fully saturated rings. The number of hydrogen-bond acceptors (Lipinski definition) is 8. The zero-order chi connectivity index (χ0) is 20.0. The topological polar surface area (TPSA) is 119 Å². The number of aliphatic hydroxyl groups excluding tert-OH is 1. The lowest BCUT2D eigenvalue weighted by Crippen LogP contribution is -2.40. The summed E-state index contributed by atoms with van der Waals surface area (Å²) in [5.41, 5.74) is 0.408. The van der Waals surface area contributed by atoms with Gasteiger partial charge < -0.3 is 15.3 Å². The van der Waals surface area contributed by atoms with E-state index in [1.54, 1.807) is 21.7 Å². The van der Waals surface area contributed by atoms with Crippen LogP contribution >= 0.6 is 23.7 Å². The third-order valence-electron chi connectivity index (χ3n) is 5.40. The molecule has 1 saturated carbocycles. The molecule has 3 aromatic rings. The maximum atomic E-state index is 13.1. The summed E-state index contributed by atoms with van der Waals surface area (Å²) >= 11 is 1.52. The normalized spacial score (nSPS) is 17.9. The van der Waals surface area contributed by atoms with Gasteiger partial charge in [0.1, 0.15) is 21.9 Å². The van der Waals surface area contributed by atoms with Crippen LogP contribution in [0.15, 0.2) is 23.8 Å². The second kappa shape index (κ2) is 7.83. The van der Waals surface area contributed by atoms with E-state index in [2.05, 4.69) is 26.5 Å². The predicted molar refractivity (Wildman–Crippen MR) is 114 cm³/mol. The third-order valence-corrected chi connectivity index (χ3v) is 6.29. The highest BCUT2D eigenvalue weighted by Crippen LogP contribution is 2.38. The number of fused-ring (bicyclic) bond motifs is 1. The molecule has 0 radical (unpaired) electrons. The van der Waals surface area contributed by atoms with E-state index in [9.17, 15) is 15.2 Å². The molecule has 0 aromatic carbocycles. The number of hydrogen-bond donors (Lipinski definition) is 2. The number of amides is 1. The van der Waals surface area contributed by atoms with E-state index in [1.807, 2.05) is 11.6 Å². The minimum Gasteiger partial charge on any atom is -0.393 e. The van der Waals surface area contributed by atoms with Crippen molar-refractivity contribution in [3.05, 3.63) is 29.5 Å². The Hall–Kier alpha value is -2.74. The molecule has 0 spiro atoms. The maximum Gasteiger partial charge on any atom is 0.272 e. The van der Waals surface area contributed by atoms with Crippen molar-refractivity contribution in [3.63, 3.8) is 0 Å².